The number of rotatable bonds is 9. The third-order valence-electron chi connectivity index (χ3n) is 7.06. The predicted molar refractivity (Wildman–Crippen MR) is 129 cm³/mol. The number of anilines is 1. The van der Waals surface area contributed by atoms with Crippen LogP contribution in [0.1, 0.15) is 62.5 Å². The van der Waals surface area contributed by atoms with E-state index >= 15 is 0 Å². The normalized spacial score (nSPS) is 19.0. The van der Waals surface area contributed by atoms with Crippen molar-refractivity contribution in [1.82, 2.24) is 4.98 Å². The zero-order valence-corrected chi connectivity index (χ0v) is 20.7. The Morgan fingerprint density at radius 2 is 1.64 bits per heavy atom. The summed E-state index contributed by atoms with van der Waals surface area (Å²) in [5.41, 5.74) is -2.38. The number of aromatic nitrogens is 1. The number of carbonyl (C=O) groups is 1. The molecular formula is C26H31F3N2O4S. The Balaban J connectivity index is 1.38. The maximum absolute atomic E-state index is 13.9. The number of halogens is 3. The van der Waals surface area contributed by atoms with Gasteiger partial charge in [0.05, 0.1) is 12.2 Å². The lowest BCUT2D eigenvalue weighted by Gasteiger charge is -2.35. The van der Waals surface area contributed by atoms with E-state index in [1.165, 1.54) is 42.6 Å². The molecule has 2 saturated carbocycles. The van der Waals surface area contributed by atoms with E-state index in [0.717, 1.165) is 32.1 Å². The molecule has 1 aromatic heterocycles. The fourth-order valence-electron chi connectivity index (χ4n) is 4.81. The number of aliphatic hydroxyl groups is 1. The number of benzene rings is 1. The third-order valence-corrected chi connectivity index (χ3v) is 8.85. The quantitative estimate of drug-likeness (QED) is 0.472. The number of sulfone groups is 1. The molecule has 2 aliphatic rings. The van der Waals surface area contributed by atoms with Crippen LogP contribution in [0.4, 0.5) is 18.9 Å². The van der Waals surface area contributed by atoms with Gasteiger partial charge in [0.2, 0.25) is 5.91 Å². The number of hydrogen-bond donors (Lipinski definition) is 2. The maximum atomic E-state index is 13.9. The van der Waals surface area contributed by atoms with Crippen molar-refractivity contribution in [2.45, 2.75) is 74.6 Å². The number of carbonyl (C=O) groups excluding carboxylic acids is 1. The summed E-state index contributed by atoms with van der Waals surface area (Å²) in [5, 5.41) is 13.3. The summed E-state index contributed by atoms with van der Waals surface area (Å²) < 4.78 is 66.3. The Hall–Kier alpha value is -2.46. The molecule has 1 heterocycles. The van der Waals surface area contributed by atoms with Crippen molar-refractivity contribution in [1.29, 1.82) is 0 Å². The summed E-state index contributed by atoms with van der Waals surface area (Å²) in [6.45, 7) is 0. The van der Waals surface area contributed by atoms with E-state index in [2.05, 4.69) is 10.3 Å². The molecule has 0 bridgehead atoms. The number of alkyl halides is 3. The van der Waals surface area contributed by atoms with Crippen molar-refractivity contribution >= 4 is 21.4 Å². The van der Waals surface area contributed by atoms with Gasteiger partial charge in [-0.2, -0.15) is 13.2 Å². The van der Waals surface area contributed by atoms with Gasteiger partial charge < -0.3 is 10.4 Å². The first kappa shape index (κ1) is 26.6. The Labute approximate surface area is 209 Å². The van der Waals surface area contributed by atoms with E-state index in [1.807, 2.05) is 0 Å². The van der Waals surface area contributed by atoms with Crippen molar-refractivity contribution in [3.8, 4) is 0 Å². The van der Waals surface area contributed by atoms with Crippen molar-refractivity contribution in [2.75, 3.05) is 11.1 Å². The Bertz CT molecular complexity index is 1160. The van der Waals surface area contributed by atoms with Gasteiger partial charge in [-0.05, 0) is 60.4 Å². The summed E-state index contributed by atoms with van der Waals surface area (Å²) in [4.78, 5) is 16.4. The fourth-order valence-corrected chi connectivity index (χ4v) is 6.42. The van der Waals surface area contributed by atoms with E-state index in [-0.39, 0.29) is 41.0 Å². The Kier molecular flexibility index (Phi) is 7.75. The zero-order valence-electron chi connectivity index (χ0n) is 19.9. The molecule has 2 N–H and O–H groups in total. The number of amides is 1. The number of hydrogen-bond acceptors (Lipinski definition) is 5. The molecule has 0 saturated heterocycles. The number of nitrogens with one attached hydrogen (secondary N) is 1. The summed E-state index contributed by atoms with van der Waals surface area (Å²) in [7, 11) is -3.44. The molecule has 36 heavy (non-hydrogen) atoms. The fraction of sp³-hybridized carbons (Fsp3) is 0.538. The van der Waals surface area contributed by atoms with Crippen LogP contribution >= 0.6 is 0 Å². The van der Waals surface area contributed by atoms with E-state index in [9.17, 15) is 31.5 Å². The lowest BCUT2D eigenvalue weighted by molar-refractivity contribution is -0.273. The summed E-state index contributed by atoms with van der Waals surface area (Å²) >= 11 is 0. The van der Waals surface area contributed by atoms with Gasteiger partial charge in [0, 0.05) is 11.9 Å². The van der Waals surface area contributed by atoms with E-state index in [4.69, 9.17) is 0 Å². The molecule has 2 aliphatic carbocycles. The van der Waals surface area contributed by atoms with E-state index in [0.29, 0.717) is 24.1 Å². The first-order valence-corrected chi connectivity index (χ1v) is 14.0. The lowest BCUT2D eigenvalue weighted by Crippen LogP contribution is -2.44. The molecule has 4 rings (SSSR count). The van der Waals surface area contributed by atoms with E-state index in [1.54, 1.807) is 0 Å². The van der Waals surface area contributed by atoms with Crippen molar-refractivity contribution in [3.05, 3.63) is 53.7 Å². The Morgan fingerprint density at radius 3 is 2.19 bits per heavy atom. The minimum absolute atomic E-state index is 0.0143. The average Bonchev–Trinajstić information content (AvgIpc) is 3.63. The molecule has 2 aromatic rings. The topological polar surface area (TPSA) is 96.4 Å². The van der Waals surface area contributed by atoms with Crippen LogP contribution in [-0.4, -0.2) is 36.3 Å². The van der Waals surface area contributed by atoms with Gasteiger partial charge in [-0.15, -0.1) is 0 Å². The van der Waals surface area contributed by atoms with Crippen LogP contribution in [0.15, 0.2) is 47.6 Å². The van der Waals surface area contributed by atoms with Crippen LogP contribution in [-0.2, 0) is 26.7 Å². The molecule has 0 spiro atoms. The minimum Gasteiger partial charge on any atom is -0.376 e. The van der Waals surface area contributed by atoms with Crippen LogP contribution < -0.4 is 5.32 Å². The summed E-state index contributed by atoms with van der Waals surface area (Å²) in [5.74, 6) is -0.326. The second kappa shape index (κ2) is 10.5. The molecule has 10 heteroatoms. The summed E-state index contributed by atoms with van der Waals surface area (Å²) in [6, 6.07) is 8.01. The molecule has 1 amide bonds. The van der Waals surface area contributed by atoms with Crippen LogP contribution in [0.2, 0.25) is 0 Å². The Morgan fingerprint density at radius 1 is 0.972 bits per heavy atom. The largest absolute Gasteiger partial charge is 0.421 e. The second-order valence-corrected chi connectivity index (χ2v) is 12.1. The highest BCUT2D eigenvalue weighted by molar-refractivity contribution is 7.91. The molecule has 196 valence electrons. The van der Waals surface area contributed by atoms with Gasteiger partial charge in [-0.3, -0.25) is 4.79 Å². The predicted octanol–water partition coefficient (Wildman–Crippen LogP) is 5.17. The molecule has 0 radical (unpaired) electrons. The molecule has 6 nitrogen and oxygen atoms in total. The highest BCUT2D eigenvalue weighted by Gasteiger charge is 2.55. The van der Waals surface area contributed by atoms with Crippen LogP contribution in [0.5, 0.6) is 0 Å². The SMILES string of the molecule is O=C(Cc1ccc(S(=O)(=O)CC2CC2)nc1)Nc1ccc(C(O)(CC2CCCCC2)C(F)(F)F)cc1. The standard InChI is InChI=1S/C26H31F3N2O4S/c27-26(28,29)25(33,15-18-4-2-1-3-5-18)21-9-11-22(12-10-21)31-23(32)14-20-8-13-24(30-16-20)36(34,35)17-19-6-7-19/h8-13,16,18-19,33H,1-7,14-15,17H2,(H,31,32). The van der Waals surface area contributed by atoms with Gasteiger partial charge in [-0.1, -0.05) is 50.3 Å². The number of nitrogens with zero attached hydrogens (tertiary/aromatic N) is 1. The van der Waals surface area contributed by atoms with Gasteiger partial charge in [0.15, 0.2) is 20.5 Å². The van der Waals surface area contributed by atoms with Gasteiger partial charge in [-0.25, -0.2) is 13.4 Å². The van der Waals surface area contributed by atoms with Crippen molar-refractivity contribution in [2.24, 2.45) is 11.8 Å². The molecule has 0 aliphatic heterocycles. The zero-order chi connectivity index (χ0) is 26.0. The smallest absolute Gasteiger partial charge is 0.376 e. The highest BCUT2D eigenvalue weighted by Crippen LogP contribution is 2.46. The maximum Gasteiger partial charge on any atom is 0.421 e. The third kappa shape index (κ3) is 6.45. The first-order chi connectivity index (χ1) is 17.0. The second-order valence-electron chi connectivity index (χ2n) is 10.1. The van der Waals surface area contributed by atoms with Crippen LogP contribution in [0.25, 0.3) is 0 Å². The molecular weight excluding hydrogens is 493 g/mol. The highest BCUT2D eigenvalue weighted by atomic mass is 32.2. The lowest BCUT2D eigenvalue weighted by atomic mass is 9.77. The average molecular weight is 525 g/mol. The van der Waals surface area contributed by atoms with Gasteiger partial charge in [0.1, 0.15) is 0 Å². The number of pyridine rings is 1. The van der Waals surface area contributed by atoms with E-state index < -0.39 is 27.5 Å². The minimum atomic E-state index is -4.82. The van der Waals surface area contributed by atoms with Crippen molar-refractivity contribution in [3.63, 3.8) is 0 Å². The van der Waals surface area contributed by atoms with Crippen LogP contribution in [0.3, 0.4) is 0 Å². The van der Waals surface area contributed by atoms with Gasteiger partial charge >= 0.3 is 6.18 Å². The first-order valence-electron chi connectivity index (χ1n) is 12.3. The molecule has 1 atom stereocenters. The molecule has 2 fully saturated rings. The van der Waals surface area contributed by atoms with Crippen LogP contribution in [0, 0.1) is 11.8 Å². The van der Waals surface area contributed by atoms with Crippen molar-refractivity contribution < 1.29 is 31.5 Å². The summed E-state index contributed by atoms with van der Waals surface area (Å²) in [6.07, 6.45) is 2.00. The molecule has 1 unspecified atom stereocenters. The monoisotopic (exact) mass is 524 g/mol. The molecule has 1 aromatic carbocycles. The van der Waals surface area contributed by atoms with Gasteiger partial charge in [0.25, 0.3) is 0 Å².